The van der Waals surface area contributed by atoms with Crippen molar-refractivity contribution in [2.75, 3.05) is 26.3 Å². The highest BCUT2D eigenvalue weighted by Gasteiger charge is 2.61. The third kappa shape index (κ3) is 3.59. The van der Waals surface area contributed by atoms with Gasteiger partial charge in [-0.3, -0.25) is 9.46 Å². The van der Waals surface area contributed by atoms with Crippen molar-refractivity contribution in [3.63, 3.8) is 0 Å². The Hall–Kier alpha value is -0.0300. The lowest BCUT2D eigenvalue weighted by Gasteiger charge is -2.39. The van der Waals surface area contributed by atoms with E-state index >= 15 is 0 Å². The zero-order chi connectivity index (χ0) is 15.4. The minimum Gasteiger partial charge on any atom is -0.305 e. The summed E-state index contributed by atoms with van der Waals surface area (Å²) in [6, 6.07) is -1.12. The molecule has 1 heterocycles. The van der Waals surface area contributed by atoms with Crippen LogP contribution in [-0.4, -0.2) is 42.9 Å². The highest BCUT2D eigenvalue weighted by atomic mass is 31.2. The number of nitrogens with zero attached hydrogens (tertiary/aromatic N) is 1. The molecule has 0 N–H and O–H groups in total. The van der Waals surface area contributed by atoms with E-state index in [1.807, 2.05) is 0 Å². The maximum atomic E-state index is 14.9. The van der Waals surface area contributed by atoms with Gasteiger partial charge < -0.3 is 9.05 Å². The van der Waals surface area contributed by atoms with Gasteiger partial charge in [0.1, 0.15) is 0 Å². The minimum absolute atomic E-state index is 0.0579. The topological polar surface area (TPSA) is 38.8 Å². The van der Waals surface area contributed by atoms with Crippen molar-refractivity contribution >= 4 is 7.60 Å². The van der Waals surface area contributed by atoms with Crippen LogP contribution in [0.2, 0.25) is 0 Å². The maximum Gasteiger partial charge on any atom is 0.401 e. The maximum absolute atomic E-state index is 14.9. The fourth-order valence-electron chi connectivity index (χ4n) is 2.77. The van der Waals surface area contributed by atoms with Crippen LogP contribution in [0.4, 0.5) is 8.78 Å². The van der Waals surface area contributed by atoms with E-state index in [4.69, 9.17) is 9.05 Å². The molecule has 0 saturated carbocycles. The second-order valence-corrected chi connectivity index (χ2v) is 7.46. The average Bonchev–Trinajstić information content (AvgIpc) is 2.82. The molecule has 1 rings (SSSR count). The highest BCUT2D eigenvalue weighted by Crippen LogP contribution is 2.64. The lowest BCUT2D eigenvalue weighted by atomic mass is 10.0. The number of rotatable bonds is 8. The van der Waals surface area contributed by atoms with Gasteiger partial charge in [0, 0.05) is 0 Å². The molecule has 120 valence electrons. The van der Waals surface area contributed by atoms with E-state index in [2.05, 4.69) is 0 Å². The predicted octanol–water partition coefficient (Wildman–Crippen LogP) is 3.97. The van der Waals surface area contributed by atoms with Crippen molar-refractivity contribution in [1.29, 1.82) is 0 Å². The van der Waals surface area contributed by atoms with E-state index in [-0.39, 0.29) is 19.1 Å². The lowest BCUT2D eigenvalue weighted by Crippen LogP contribution is -2.50. The first-order chi connectivity index (χ1) is 9.30. The van der Waals surface area contributed by atoms with E-state index in [0.29, 0.717) is 13.1 Å². The van der Waals surface area contributed by atoms with Gasteiger partial charge in [-0.2, -0.15) is 8.78 Å². The standard InChI is InChI=1S/C13H26F2NO3P/c1-5-18-20(17,19-6-2)13(14,15)12(11(3)4)16-9-7-8-10-16/h11-12H,5-10H2,1-4H3. The Morgan fingerprint density at radius 3 is 1.95 bits per heavy atom. The SMILES string of the molecule is CCOP(=O)(OCC)C(F)(F)C(C(C)C)N1CCCC1. The molecule has 0 aromatic heterocycles. The first-order valence-corrected chi connectivity index (χ1v) is 8.85. The monoisotopic (exact) mass is 313 g/mol. The fourth-order valence-corrected chi connectivity index (χ4v) is 4.66. The molecule has 7 heteroatoms. The largest absolute Gasteiger partial charge is 0.401 e. The molecule has 0 bridgehead atoms. The second kappa shape index (κ2) is 7.30. The second-order valence-electron chi connectivity index (χ2n) is 5.35. The van der Waals surface area contributed by atoms with Gasteiger partial charge >= 0.3 is 13.3 Å². The quantitative estimate of drug-likeness (QED) is 0.636. The molecule has 4 nitrogen and oxygen atoms in total. The normalized spacial score (nSPS) is 19.8. The van der Waals surface area contributed by atoms with Crippen molar-refractivity contribution in [2.45, 2.75) is 52.2 Å². The first-order valence-electron chi connectivity index (χ1n) is 7.31. The van der Waals surface area contributed by atoms with Gasteiger partial charge in [-0.25, -0.2) is 0 Å². The third-order valence-electron chi connectivity index (χ3n) is 3.48. The molecule has 1 fully saturated rings. The number of hydrogen-bond acceptors (Lipinski definition) is 4. The van der Waals surface area contributed by atoms with Crippen molar-refractivity contribution in [3.05, 3.63) is 0 Å². The molecule has 1 atom stereocenters. The number of alkyl halides is 2. The van der Waals surface area contributed by atoms with Crippen LogP contribution in [0, 0.1) is 5.92 Å². The van der Waals surface area contributed by atoms with E-state index < -0.39 is 19.3 Å². The van der Waals surface area contributed by atoms with Crippen LogP contribution in [-0.2, 0) is 13.6 Å². The molecule has 1 aliphatic heterocycles. The van der Waals surface area contributed by atoms with Gasteiger partial charge in [0.2, 0.25) is 0 Å². The van der Waals surface area contributed by atoms with Gasteiger partial charge in [0.05, 0.1) is 19.3 Å². The molecule has 0 spiro atoms. The van der Waals surface area contributed by atoms with E-state index in [9.17, 15) is 13.3 Å². The fraction of sp³-hybridized carbons (Fsp3) is 1.00. The van der Waals surface area contributed by atoms with E-state index in [1.54, 1.807) is 32.6 Å². The Kier molecular flexibility index (Phi) is 6.58. The summed E-state index contributed by atoms with van der Waals surface area (Å²) >= 11 is 0. The van der Waals surface area contributed by atoms with E-state index in [1.165, 1.54) is 0 Å². The Morgan fingerprint density at radius 2 is 1.60 bits per heavy atom. The van der Waals surface area contributed by atoms with Gasteiger partial charge in [-0.1, -0.05) is 13.8 Å². The summed E-state index contributed by atoms with van der Waals surface area (Å²) in [4.78, 5) is 1.72. The van der Waals surface area contributed by atoms with Gasteiger partial charge in [-0.15, -0.1) is 0 Å². The van der Waals surface area contributed by atoms with E-state index in [0.717, 1.165) is 12.8 Å². The molecule has 1 unspecified atom stereocenters. The molecular formula is C13H26F2NO3P. The number of likely N-dealkylation sites (tertiary alicyclic amines) is 1. The van der Waals surface area contributed by atoms with Crippen molar-refractivity contribution in [1.82, 2.24) is 4.90 Å². The van der Waals surface area contributed by atoms with Gasteiger partial charge in [0.15, 0.2) is 0 Å². The summed E-state index contributed by atoms with van der Waals surface area (Å²) in [5.74, 6) is -0.336. The van der Waals surface area contributed by atoms with Crippen LogP contribution >= 0.6 is 7.60 Å². The molecule has 0 aromatic rings. The minimum atomic E-state index is -4.46. The third-order valence-corrected chi connectivity index (χ3v) is 5.68. The van der Waals surface area contributed by atoms with Crippen molar-refractivity contribution in [3.8, 4) is 0 Å². The van der Waals surface area contributed by atoms with Crippen molar-refractivity contribution in [2.24, 2.45) is 5.92 Å². The lowest BCUT2D eigenvalue weighted by molar-refractivity contribution is -0.0515. The van der Waals surface area contributed by atoms with Crippen molar-refractivity contribution < 1.29 is 22.4 Å². The van der Waals surface area contributed by atoms with Crippen LogP contribution < -0.4 is 0 Å². The number of hydrogen-bond donors (Lipinski definition) is 0. The summed E-state index contributed by atoms with van der Waals surface area (Å²) in [7, 11) is -4.46. The number of halogens is 2. The molecule has 0 radical (unpaired) electrons. The van der Waals surface area contributed by atoms with Crippen LogP contribution in [0.25, 0.3) is 0 Å². The molecule has 1 saturated heterocycles. The molecule has 1 aliphatic rings. The zero-order valence-corrected chi connectivity index (χ0v) is 13.7. The smallest absolute Gasteiger partial charge is 0.305 e. The molecule has 0 amide bonds. The Bertz CT molecular complexity index is 337. The van der Waals surface area contributed by atoms with Crippen LogP contribution in [0.5, 0.6) is 0 Å². The summed E-state index contributed by atoms with van der Waals surface area (Å²) in [6.07, 6.45) is 1.79. The molecule has 0 aromatic carbocycles. The van der Waals surface area contributed by atoms with Crippen LogP contribution in [0.15, 0.2) is 0 Å². The summed E-state index contributed by atoms with van der Waals surface area (Å²) in [5, 5.41) is 0. The Labute approximate surface area is 120 Å². The highest BCUT2D eigenvalue weighted by molar-refractivity contribution is 7.55. The Morgan fingerprint density at radius 1 is 1.15 bits per heavy atom. The summed E-state index contributed by atoms with van der Waals surface area (Å²) in [5.41, 5.74) is -3.50. The average molecular weight is 313 g/mol. The molecular weight excluding hydrogens is 287 g/mol. The molecule has 20 heavy (non-hydrogen) atoms. The van der Waals surface area contributed by atoms with Crippen LogP contribution in [0.3, 0.4) is 0 Å². The first kappa shape index (κ1) is 18.0. The zero-order valence-electron chi connectivity index (χ0n) is 12.8. The van der Waals surface area contributed by atoms with Gasteiger partial charge in [0.25, 0.3) is 0 Å². The van der Waals surface area contributed by atoms with Crippen LogP contribution in [0.1, 0.15) is 40.5 Å². The summed E-state index contributed by atoms with van der Waals surface area (Å²) < 4.78 is 52.0. The van der Waals surface area contributed by atoms with Gasteiger partial charge in [-0.05, 0) is 45.7 Å². The summed E-state index contributed by atoms with van der Waals surface area (Å²) in [6.45, 7) is 7.63. The Balaban J connectivity index is 3.08. The molecule has 0 aliphatic carbocycles. The predicted molar refractivity (Wildman–Crippen MR) is 75.2 cm³/mol.